The number of carbonyl (C=O) groups is 2. The second-order valence-corrected chi connectivity index (χ2v) is 9.34. The molecule has 5 rings (SSSR count). The average Bonchev–Trinajstić information content (AvgIpc) is 2.86. The molecule has 168 valence electrons. The van der Waals surface area contributed by atoms with Crippen molar-refractivity contribution in [2.75, 3.05) is 23.3 Å². The molecule has 32 heavy (non-hydrogen) atoms. The quantitative estimate of drug-likeness (QED) is 0.669. The largest absolute Gasteiger partial charge is 0.372 e. The molecule has 2 aromatic carbocycles. The Morgan fingerprint density at radius 3 is 2.34 bits per heavy atom. The lowest BCUT2D eigenvalue weighted by Crippen LogP contribution is -2.55. The molecular formula is C26H32N4O2. The third-order valence-corrected chi connectivity index (χ3v) is 7.31. The summed E-state index contributed by atoms with van der Waals surface area (Å²) in [6.45, 7) is 2.19. The van der Waals surface area contributed by atoms with Crippen molar-refractivity contribution in [1.82, 2.24) is 10.9 Å². The molecule has 3 fully saturated rings. The van der Waals surface area contributed by atoms with Gasteiger partial charge in [-0.05, 0) is 80.0 Å². The number of nitrogens with zero attached hydrogens (tertiary/aromatic N) is 1. The minimum absolute atomic E-state index is 0.0988. The molecule has 0 spiro atoms. The number of hydrogen-bond donors (Lipinski definition) is 3. The van der Waals surface area contributed by atoms with Crippen molar-refractivity contribution in [1.29, 1.82) is 0 Å². The number of fused-ring (bicyclic) bond motifs is 1. The Hall–Kier alpha value is -2.86. The molecule has 2 aliphatic heterocycles. The zero-order valence-electron chi connectivity index (χ0n) is 18.5. The Bertz CT molecular complexity index is 951. The number of hydrazine groups is 1. The summed E-state index contributed by atoms with van der Waals surface area (Å²) in [6.07, 6.45) is 8.14. The summed E-state index contributed by atoms with van der Waals surface area (Å²) in [5, 5.41) is 3.01. The van der Waals surface area contributed by atoms with Gasteiger partial charge in [0.1, 0.15) is 0 Å². The van der Waals surface area contributed by atoms with Crippen LogP contribution in [0.2, 0.25) is 0 Å². The van der Waals surface area contributed by atoms with Crippen molar-refractivity contribution in [3.05, 3.63) is 59.7 Å². The fourth-order valence-corrected chi connectivity index (χ4v) is 5.52. The summed E-state index contributed by atoms with van der Waals surface area (Å²) in [5.41, 5.74) is 9.85. The van der Waals surface area contributed by atoms with E-state index in [1.54, 1.807) is 0 Å². The number of amides is 2. The number of benzene rings is 2. The van der Waals surface area contributed by atoms with Crippen molar-refractivity contribution in [3.8, 4) is 0 Å². The van der Waals surface area contributed by atoms with Gasteiger partial charge in [-0.2, -0.15) is 0 Å². The van der Waals surface area contributed by atoms with E-state index in [1.165, 1.54) is 31.4 Å². The smallest absolute Gasteiger partial charge is 0.255 e. The number of anilines is 2. The molecule has 3 atom stereocenters. The van der Waals surface area contributed by atoms with Crippen LogP contribution in [0, 0.1) is 11.8 Å². The van der Waals surface area contributed by atoms with Gasteiger partial charge in [0, 0.05) is 35.9 Å². The van der Waals surface area contributed by atoms with Crippen LogP contribution in [0.4, 0.5) is 11.4 Å². The van der Waals surface area contributed by atoms with Crippen molar-refractivity contribution in [3.63, 3.8) is 0 Å². The van der Waals surface area contributed by atoms with E-state index in [0.717, 1.165) is 43.6 Å². The maximum absolute atomic E-state index is 12.7. The van der Waals surface area contributed by atoms with Crippen LogP contribution >= 0.6 is 0 Å². The summed E-state index contributed by atoms with van der Waals surface area (Å²) < 4.78 is 0. The second-order valence-electron chi connectivity index (χ2n) is 9.34. The third-order valence-electron chi connectivity index (χ3n) is 7.31. The summed E-state index contributed by atoms with van der Waals surface area (Å²) in [6, 6.07) is 16.0. The van der Waals surface area contributed by atoms with Crippen LogP contribution < -0.4 is 21.1 Å². The molecule has 3 unspecified atom stereocenters. The van der Waals surface area contributed by atoms with Gasteiger partial charge in [-0.1, -0.05) is 25.0 Å². The molecular weight excluding hydrogens is 400 g/mol. The van der Waals surface area contributed by atoms with E-state index in [1.807, 2.05) is 36.4 Å². The van der Waals surface area contributed by atoms with Gasteiger partial charge in [-0.15, -0.1) is 0 Å². The highest BCUT2D eigenvalue weighted by Crippen LogP contribution is 2.40. The van der Waals surface area contributed by atoms with Crippen LogP contribution in [0.5, 0.6) is 0 Å². The minimum atomic E-state index is -0.0988. The van der Waals surface area contributed by atoms with Crippen molar-refractivity contribution < 1.29 is 9.59 Å². The van der Waals surface area contributed by atoms with E-state index in [2.05, 4.69) is 33.2 Å². The summed E-state index contributed by atoms with van der Waals surface area (Å²) in [7, 11) is 0. The molecule has 1 aliphatic carbocycles. The van der Waals surface area contributed by atoms with Gasteiger partial charge in [0.05, 0.1) is 6.04 Å². The Kier molecular flexibility index (Phi) is 6.12. The molecule has 0 bridgehead atoms. The standard InChI is InChI=1S/C26H32N4O2/c31-25(19-10-14-21(15-11-19)30-16-4-1-5-17-30)27-20-12-8-18(9-13-20)24-22-6-2-3-7-23(22)26(32)29-28-24/h8-15,22-24,28H,1-7,16-17H2,(H,27,31)(H,29,32). The van der Waals surface area contributed by atoms with Gasteiger partial charge in [0.25, 0.3) is 5.91 Å². The van der Waals surface area contributed by atoms with E-state index in [0.29, 0.717) is 11.5 Å². The second kappa shape index (κ2) is 9.33. The zero-order chi connectivity index (χ0) is 21.9. The number of rotatable bonds is 4. The molecule has 0 aromatic heterocycles. The van der Waals surface area contributed by atoms with Gasteiger partial charge < -0.3 is 10.2 Å². The van der Waals surface area contributed by atoms with Crippen molar-refractivity contribution in [2.24, 2.45) is 11.8 Å². The molecule has 2 aromatic rings. The Morgan fingerprint density at radius 2 is 1.59 bits per heavy atom. The van der Waals surface area contributed by atoms with Gasteiger partial charge in [0.15, 0.2) is 0 Å². The number of hydrogen-bond acceptors (Lipinski definition) is 4. The van der Waals surface area contributed by atoms with Gasteiger partial charge in [0.2, 0.25) is 5.91 Å². The minimum Gasteiger partial charge on any atom is -0.372 e. The third kappa shape index (κ3) is 4.37. The maximum atomic E-state index is 12.7. The fraction of sp³-hybridized carbons (Fsp3) is 0.462. The SMILES string of the molecule is O=C(Nc1ccc(C2NNC(=O)C3CCCCC32)cc1)c1ccc(N2CCCCC2)cc1. The molecule has 6 nitrogen and oxygen atoms in total. The van der Waals surface area contributed by atoms with Gasteiger partial charge in [-0.3, -0.25) is 15.0 Å². The Morgan fingerprint density at radius 1 is 0.875 bits per heavy atom. The molecule has 2 saturated heterocycles. The summed E-state index contributed by atoms with van der Waals surface area (Å²) >= 11 is 0. The summed E-state index contributed by atoms with van der Waals surface area (Å²) in [4.78, 5) is 27.3. The first-order chi connectivity index (χ1) is 15.7. The molecule has 2 amide bonds. The highest BCUT2D eigenvalue weighted by Gasteiger charge is 2.40. The molecule has 1 saturated carbocycles. The van der Waals surface area contributed by atoms with Crippen LogP contribution in [0.1, 0.15) is 66.9 Å². The van der Waals surface area contributed by atoms with Crippen LogP contribution in [0.25, 0.3) is 0 Å². The highest BCUT2D eigenvalue weighted by molar-refractivity contribution is 6.04. The van der Waals surface area contributed by atoms with Crippen LogP contribution in [-0.4, -0.2) is 24.9 Å². The lowest BCUT2D eigenvalue weighted by Gasteiger charge is -2.41. The van der Waals surface area contributed by atoms with Gasteiger partial charge in [-0.25, -0.2) is 5.43 Å². The molecule has 0 radical (unpaired) electrons. The average molecular weight is 433 g/mol. The number of piperidine rings is 1. The number of carbonyl (C=O) groups excluding carboxylic acids is 2. The lowest BCUT2D eigenvalue weighted by atomic mass is 9.72. The Labute approximate surface area is 189 Å². The van der Waals surface area contributed by atoms with Crippen molar-refractivity contribution in [2.45, 2.75) is 51.0 Å². The van der Waals surface area contributed by atoms with E-state index < -0.39 is 0 Å². The molecule has 2 heterocycles. The first kappa shape index (κ1) is 21.0. The normalized spacial score (nSPS) is 25.6. The zero-order valence-corrected chi connectivity index (χ0v) is 18.5. The van der Waals surface area contributed by atoms with Crippen molar-refractivity contribution >= 4 is 23.2 Å². The molecule has 3 aliphatic rings. The van der Waals surface area contributed by atoms with Crippen LogP contribution in [0.3, 0.4) is 0 Å². The Balaban J connectivity index is 1.22. The monoisotopic (exact) mass is 432 g/mol. The lowest BCUT2D eigenvalue weighted by molar-refractivity contribution is -0.133. The number of nitrogens with one attached hydrogen (secondary N) is 3. The topological polar surface area (TPSA) is 73.5 Å². The predicted octanol–water partition coefficient (Wildman–Crippen LogP) is 4.41. The van der Waals surface area contributed by atoms with E-state index in [4.69, 9.17) is 0 Å². The van der Waals surface area contributed by atoms with Gasteiger partial charge >= 0.3 is 0 Å². The fourth-order valence-electron chi connectivity index (χ4n) is 5.52. The maximum Gasteiger partial charge on any atom is 0.255 e. The summed E-state index contributed by atoms with van der Waals surface area (Å²) in [5.74, 6) is 0.457. The first-order valence-corrected chi connectivity index (χ1v) is 12.0. The first-order valence-electron chi connectivity index (χ1n) is 12.0. The van der Waals surface area contributed by atoms with Crippen LogP contribution in [0.15, 0.2) is 48.5 Å². The van der Waals surface area contributed by atoms with E-state index in [9.17, 15) is 9.59 Å². The molecule has 3 N–H and O–H groups in total. The predicted molar refractivity (Wildman–Crippen MR) is 126 cm³/mol. The van der Waals surface area contributed by atoms with Crippen LogP contribution in [-0.2, 0) is 4.79 Å². The van der Waals surface area contributed by atoms with E-state index in [-0.39, 0.29) is 23.8 Å². The molecule has 6 heteroatoms. The highest BCUT2D eigenvalue weighted by atomic mass is 16.2. The van der Waals surface area contributed by atoms with E-state index >= 15 is 0 Å².